The van der Waals surface area contributed by atoms with E-state index in [1.165, 1.54) is 40.7 Å². The Balaban J connectivity index is 0.000000193. The second kappa shape index (κ2) is 12.3. The largest absolute Gasteiger partial charge is 0.374 e. The van der Waals surface area contributed by atoms with Gasteiger partial charge in [-0.2, -0.15) is 0 Å². The molecule has 0 saturated carbocycles. The van der Waals surface area contributed by atoms with Crippen molar-refractivity contribution in [3.63, 3.8) is 0 Å². The summed E-state index contributed by atoms with van der Waals surface area (Å²) < 4.78 is 1.88. The number of hydrogen-bond acceptors (Lipinski definition) is 11. The van der Waals surface area contributed by atoms with E-state index in [0.717, 1.165) is 22.0 Å². The summed E-state index contributed by atoms with van der Waals surface area (Å²) in [7, 11) is 0. The minimum Gasteiger partial charge on any atom is -0.374 e. The molecule has 218 valence electrons. The molecule has 0 saturated heterocycles. The zero-order chi connectivity index (χ0) is 30.6. The number of thioether (sulfide) groups is 1. The molecule has 14 heteroatoms. The van der Waals surface area contributed by atoms with Crippen LogP contribution in [0.4, 0.5) is 16.5 Å². The molecule has 7 rings (SSSR count). The monoisotopic (exact) mass is 622 g/mol. The topological polar surface area (TPSA) is 168 Å². The molecule has 12 nitrogen and oxygen atoms in total. The average molecular weight is 623 g/mol. The quantitative estimate of drug-likeness (QED) is 0.143. The molecule has 0 spiro atoms. The van der Waals surface area contributed by atoms with Crippen molar-refractivity contribution in [2.75, 3.05) is 11.2 Å². The lowest BCUT2D eigenvalue weighted by molar-refractivity contribution is -0.385. The molecule has 1 unspecified atom stereocenters. The first-order valence-electron chi connectivity index (χ1n) is 13.1. The van der Waals surface area contributed by atoms with Gasteiger partial charge in [0.25, 0.3) is 11.4 Å². The highest BCUT2D eigenvalue weighted by Gasteiger charge is 2.26. The number of nitrogens with one attached hydrogen (secondary N) is 1. The van der Waals surface area contributed by atoms with Gasteiger partial charge in [-0.15, -0.1) is 10.2 Å². The van der Waals surface area contributed by atoms with Crippen molar-refractivity contribution in [1.82, 2.24) is 19.9 Å². The van der Waals surface area contributed by atoms with E-state index < -0.39 is 4.92 Å². The molecule has 6 aromatic rings. The number of aromatic nitrogens is 4. The van der Waals surface area contributed by atoms with Gasteiger partial charge in [-0.05, 0) is 16.7 Å². The van der Waals surface area contributed by atoms with E-state index in [1.807, 2.05) is 35.1 Å². The Morgan fingerprint density at radius 2 is 1.39 bits per heavy atom. The number of nitro groups is 2. The average Bonchev–Trinajstić information content (AvgIpc) is 3.78. The first kappa shape index (κ1) is 28.5. The van der Waals surface area contributed by atoms with Gasteiger partial charge in [0.15, 0.2) is 5.16 Å². The Kier molecular flexibility index (Phi) is 7.99. The predicted molar refractivity (Wildman–Crippen MR) is 171 cm³/mol. The highest BCUT2D eigenvalue weighted by atomic mass is 32.2. The zero-order valence-electron chi connectivity index (χ0n) is 22.7. The van der Waals surface area contributed by atoms with Crippen molar-refractivity contribution in [2.24, 2.45) is 0 Å². The van der Waals surface area contributed by atoms with Gasteiger partial charge < -0.3 is 11.2 Å². The Morgan fingerprint density at radius 1 is 0.750 bits per heavy atom. The summed E-state index contributed by atoms with van der Waals surface area (Å²) in [5.74, 6) is 0. The number of nitrogen functional groups attached to an aromatic ring is 1. The smallest absolute Gasteiger partial charge is 0.270 e. The second-order valence-corrected chi connectivity index (χ2v) is 11.5. The highest BCUT2D eigenvalue weighted by molar-refractivity contribution is 7.99. The summed E-state index contributed by atoms with van der Waals surface area (Å²) in [5.41, 5.74) is 14.7. The number of non-ortho nitro benzene ring substituents is 2. The van der Waals surface area contributed by atoms with E-state index in [0.29, 0.717) is 15.7 Å². The second-order valence-electron chi connectivity index (χ2n) is 9.45. The van der Waals surface area contributed by atoms with Crippen LogP contribution in [0.25, 0.3) is 33.0 Å². The van der Waals surface area contributed by atoms with E-state index in [4.69, 9.17) is 10.7 Å². The van der Waals surface area contributed by atoms with Crippen LogP contribution in [-0.4, -0.2) is 29.7 Å². The molecule has 0 amide bonds. The summed E-state index contributed by atoms with van der Waals surface area (Å²) in [6.45, 7) is 0. The third-order valence-electron chi connectivity index (χ3n) is 6.57. The summed E-state index contributed by atoms with van der Waals surface area (Å²) >= 11 is 2.74. The van der Waals surface area contributed by atoms with Crippen molar-refractivity contribution in [2.45, 2.75) is 10.5 Å². The third kappa shape index (κ3) is 6.25. The summed E-state index contributed by atoms with van der Waals surface area (Å²) in [5, 5.41) is 30.7. The number of nitrogens with zero attached hydrogens (tertiary/aromatic N) is 6. The molecule has 4 aromatic carbocycles. The van der Waals surface area contributed by atoms with Gasteiger partial charge in [-0.3, -0.25) is 20.2 Å². The Hall–Kier alpha value is -5.60. The van der Waals surface area contributed by atoms with E-state index in [2.05, 4.69) is 52.0 Å². The van der Waals surface area contributed by atoms with Crippen LogP contribution < -0.4 is 11.2 Å². The van der Waals surface area contributed by atoms with Crippen LogP contribution in [0.15, 0.2) is 114 Å². The van der Waals surface area contributed by atoms with Gasteiger partial charge in [-0.1, -0.05) is 102 Å². The molecule has 1 aliphatic rings. The van der Waals surface area contributed by atoms with Crippen LogP contribution >= 0.6 is 23.1 Å². The molecule has 1 atom stereocenters. The molecule has 0 radical (unpaired) electrons. The summed E-state index contributed by atoms with van der Waals surface area (Å²) in [6, 6.07) is 31.5. The molecular weight excluding hydrogens is 601 g/mol. The zero-order valence-corrected chi connectivity index (χ0v) is 24.3. The number of imidazole rings is 1. The predicted octanol–water partition coefficient (Wildman–Crippen LogP) is 7.17. The van der Waals surface area contributed by atoms with Crippen LogP contribution in [0.1, 0.15) is 10.9 Å². The Bertz CT molecular complexity index is 1940. The van der Waals surface area contributed by atoms with Crippen LogP contribution in [0.3, 0.4) is 0 Å². The lowest BCUT2D eigenvalue weighted by Gasteiger charge is -2.10. The molecule has 0 fully saturated rings. The number of nitrogens with two attached hydrogens (primary N) is 1. The highest BCUT2D eigenvalue weighted by Crippen LogP contribution is 2.40. The van der Waals surface area contributed by atoms with Crippen LogP contribution in [-0.2, 0) is 0 Å². The Labute approximate surface area is 258 Å². The van der Waals surface area contributed by atoms with Crippen molar-refractivity contribution in [3.8, 4) is 33.0 Å². The molecule has 3 heterocycles. The van der Waals surface area contributed by atoms with Crippen LogP contribution in [0, 0.1) is 20.2 Å². The van der Waals surface area contributed by atoms with Crippen LogP contribution in [0.5, 0.6) is 0 Å². The van der Waals surface area contributed by atoms with Crippen molar-refractivity contribution < 1.29 is 9.85 Å². The fraction of sp³-hybridized carbons (Fsp3) is 0.0333. The maximum Gasteiger partial charge on any atom is 0.270 e. The minimum atomic E-state index is -0.451. The minimum absolute atomic E-state index is 0.0290. The van der Waals surface area contributed by atoms with Gasteiger partial charge in [0, 0.05) is 35.4 Å². The van der Waals surface area contributed by atoms with Gasteiger partial charge in [-0.25, -0.2) is 9.66 Å². The normalized spacial score (nSPS) is 13.3. The fourth-order valence-corrected chi connectivity index (χ4v) is 6.08. The van der Waals surface area contributed by atoms with Crippen molar-refractivity contribution in [1.29, 1.82) is 0 Å². The van der Waals surface area contributed by atoms with Crippen molar-refractivity contribution >= 4 is 39.6 Å². The standard InChI is InChI=1S/C22H16N4O2S.C8H6N4O2S/c27-26(28)19-8-4-7-18(13-19)21-24-25-14-20(23-22(25)29-21)17-11-9-16(10-12-17)15-5-2-1-3-6-15;9-8-11-10-7(15-8)5-2-1-3-6(4-5)12(13)14/h1-14,21,24H;1-4H,(H2,9,11). The van der Waals surface area contributed by atoms with Crippen molar-refractivity contribution in [3.05, 3.63) is 135 Å². The number of anilines is 1. The molecular formula is C30H22N8O4S2. The van der Waals surface area contributed by atoms with E-state index >= 15 is 0 Å². The van der Waals surface area contributed by atoms with Gasteiger partial charge in [0.2, 0.25) is 5.13 Å². The van der Waals surface area contributed by atoms with E-state index in [1.54, 1.807) is 36.0 Å². The number of hydrogen-bond donors (Lipinski definition) is 2. The summed E-state index contributed by atoms with van der Waals surface area (Å²) in [4.78, 5) is 25.5. The third-order valence-corrected chi connectivity index (χ3v) is 8.48. The first-order chi connectivity index (χ1) is 21.3. The van der Waals surface area contributed by atoms with Gasteiger partial charge in [0.1, 0.15) is 10.4 Å². The lowest BCUT2D eigenvalue weighted by Crippen LogP contribution is -2.11. The summed E-state index contributed by atoms with van der Waals surface area (Å²) in [6.07, 6.45) is 1.96. The molecule has 0 aliphatic carbocycles. The Morgan fingerprint density at radius 3 is 2.05 bits per heavy atom. The first-order valence-corrected chi connectivity index (χ1v) is 14.8. The van der Waals surface area contributed by atoms with Crippen LogP contribution in [0.2, 0.25) is 0 Å². The molecule has 2 aromatic heterocycles. The number of benzene rings is 4. The molecule has 3 N–H and O–H groups in total. The molecule has 44 heavy (non-hydrogen) atoms. The SMILES string of the molecule is Nc1nnc(-c2cccc([N+](=O)[O-])c2)s1.O=[N+]([O-])c1cccc(C2Nn3cc(-c4ccc(-c5ccccc5)cc4)nc3S2)c1. The maximum absolute atomic E-state index is 11.0. The van der Waals surface area contributed by atoms with E-state index in [-0.39, 0.29) is 21.7 Å². The van der Waals surface area contributed by atoms with Gasteiger partial charge >= 0.3 is 0 Å². The van der Waals surface area contributed by atoms with Gasteiger partial charge in [0.05, 0.1) is 21.7 Å². The number of rotatable bonds is 6. The number of fused-ring (bicyclic) bond motifs is 1. The molecule has 1 aliphatic heterocycles. The lowest BCUT2D eigenvalue weighted by atomic mass is 10.0. The number of nitro benzene ring substituents is 2. The fourth-order valence-electron chi connectivity index (χ4n) is 4.45. The van der Waals surface area contributed by atoms with E-state index in [9.17, 15) is 20.2 Å². The maximum atomic E-state index is 11.0. The molecule has 0 bridgehead atoms.